The third-order valence-corrected chi connectivity index (χ3v) is 3.42. The first-order valence-electron chi connectivity index (χ1n) is 5.92. The van der Waals surface area contributed by atoms with Gasteiger partial charge in [-0.15, -0.1) is 5.10 Å². The Morgan fingerprint density at radius 3 is 2.89 bits per heavy atom. The maximum absolute atomic E-state index is 12.0. The summed E-state index contributed by atoms with van der Waals surface area (Å²) in [6.45, 7) is 0.639. The van der Waals surface area contributed by atoms with Gasteiger partial charge in [-0.2, -0.15) is 0 Å². The molecule has 0 radical (unpaired) electrons. The molecule has 19 heavy (non-hydrogen) atoms. The summed E-state index contributed by atoms with van der Waals surface area (Å²) >= 11 is 0. The molecule has 1 aliphatic rings. The Labute approximate surface area is 108 Å². The summed E-state index contributed by atoms with van der Waals surface area (Å²) < 4.78 is 1.44. The van der Waals surface area contributed by atoms with E-state index in [2.05, 4.69) is 10.3 Å². The zero-order chi connectivity index (χ0) is 13.6. The van der Waals surface area contributed by atoms with Gasteiger partial charge in [0.25, 0.3) is 0 Å². The maximum Gasteiger partial charge on any atom is 0.337 e. The normalized spacial score (nSPS) is 19.3. The smallest absolute Gasteiger partial charge is 0.337 e. The van der Waals surface area contributed by atoms with Crippen LogP contribution in [0.4, 0.5) is 0 Å². The van der Waals surface area contributed by atoms with Crippen molar-refractivity contribution in [3.05, 3.63) is 23.8 Å². The number of carbonyl (C=O) groups excluding carboxylic acids is 1. The van der Waals surface area contributed by atoms with Gasteiger partial charge in [0.15, 0.2) is 0 Å². The molecule has 1 aromatic heterocycles. The number of nitrogens with zero attached hydrogens (tertiary/aromatic N) is 4. The Balaban J connectivity index is 2.20. The van der Waals surface area contributed by atoms with Crippen molar-refractivity contribution in [2.24, 2.45) is 0 Å². The van der Waals surface area contributed by atoms with Crippen LogP contribution in [0.5, 0.6) is 0 Å². The molecule has 1 atom stereocenters. The number of likely N-dealkylation sites (tertiary alicyclic amines) is 1. The standard InChI is InChI=1S/C12H12N4O3/c1-15-6-5-9(11(15)17)16-10-7(12(18)19)3-2-4-8(10)13-14-16/h2-4,9H,5-6H2,1H3,(H,18,19). The molecule has 1 unspecified atom stereocenters. The second kappa shape index (κ2) is 4.04. The SMILES string of the molecule is CN1CCC(n2nnc3cccc(C(=O)O)c32)C1=O. The molecule has 0 spiro atoms. The summed E-state index contributed by atoms with van der Waals surface area (Å²) in [4.78, 5) is 24.9. The van der Waals surface area contributed by atoms with Crippen molar-refractivity contribution in [3.8, 4) is 0 Å². The minimum Gasteiger partial charge on any atom is -0.478 e. The van der Waals surface area contributed by atoms with Crippen molar-refractivity contribution < 1.29 is 14.7 Å². The number of benzene rings is 1. The summed E-state index contributed by atoms with van der Waals surface area (Å²) in [6.07, 6.45) is 0.613. The van der Waals surface area contributed by atoms with E-state index in [-0.39, 0.29) is 11.5 Å². The Hall–Kier alpha value is -2.44. The minimum absolute atomic E-state index is 0.0630. The van der Waals surface area contributed by atoms with E-state index in [1.54, 1.807) is 24.1 Å². The van der Waals surface area contributed by atoms with Crippen LogP contribution in [0.1, 0.15) is 22.8 Å². The van der Waals surface area contributed by atoms with E-state index in [0.717, 1.165) is 0 Å². The first kappa shape index (κ1) is 11.6. The Kier molecular flexibility index (Phi) is 2.48. The topological polar surface area (TPSA) is 88.3 Å². The molecular weight excluding hydrogens is 248 g/mol. The maximum atomic E-state index is 12.0. The van der Waals surface area contributed by atoms with Crippen LogP contribution in [-0.2, 0) is 4.79 Å². The van der Waals surface area contributed by atoms with Crippen molar-refractivity contribution in [2.45, 2.75) is 12.5 Å². The van der Waals surface area contributed by atoms with Crippen LogP contribution in [0.3, 0.4) is 0 Å². The highest BCUT2D eigenvalue weighted by Gasteiger charge is 2.33. The number of carboxylic acids is 1. The Bertz CT molecular complexity index is 679. The lowest BCUT2D eigenvalue weighted by Crippen LogP contribution is -2.25. The van der Waals surface area contributed by atoms with Gasteiger partial charge in [0.2, 0.25) is 5.91 Å². The van der Waals surface area contributed by atoms with Crippen LogP contribution in [0.15, 0.2) is 18.2 Å². The summed E-state index contributed by atoms with van der Waals surface area (Å²) in [5.74, 6) is -1.11. The van der Waals surface area contributed by atoms with Crippen LogP contribution in [0.25, 0.3) is 11.0 Å². The molecule has 2 heterocycles. The molecule has 1 saturated heterocycles. The molecule has 7 nitrogen and oxygen atoms in total. The van der Waals surface area contributed by atoms with Crippen molar-refractivity contribution >= 4 is 22.9 Å². The lowest BCUT2D eigenvalue weighted by atomic mass is 10.1. The lowest BCUT2D eigenvalue weighted by Gasteiger charge is -2.11. The van der Waals surface area contributed by atoms with Gasteiger partial charge in [0, 0.05) is 13.6 Å². The number of hydrogen-bond donors (Lipinski definition) is 1. The molecule has 2 aromatic rings. The molecule has 1 fully saturated rings. The first-order valence-corrected chi connectivity index (χ1v) is 5.92. The number of para-hydroxylation sites is 1. The zero-order valence-electron chi connectivity index (χ0n) is 10.3. The molecule has 1 amide bonds. The van der Waals surface area contributed by atoms with Gasteiger partial charge in [-0.25, -0.2) is 9.48 Å². The van der Waals surface area contributed by atoms with E-state index in [4.69, 9.17) is 0 Å². The summed E-state index contributed by atoms with van der Waals surface area (Å²) in [5.41, 5.74) is 1.01. The number of amides is 1. The van der Waals surface area contributed by atoms with E-state index in [1.165, 1.54) is 10.7 Å². The average molecular weight is 260 g/mol. The number of carboxylic acid groups (broad SMARTS) is 1. The van der Waals surface area contributed by atoms with E-state index in [9.17, 15) is 14.7 Å². The van der Waals surface area contributed by atoms with Crippen LogP contribution in [0.2, 0.25) is 0 Å². The van der Waals surface area contributed by atoms with Gasteiger partial charge in [-0.1, -0.05) is 11.3 Å². The molecule has 0 saturated carbocycles. The molecule has 98 valence electrons. The second-order valence-electron chi connectivity index (χ2n) is 4.58. The molecule has 1 N–H and O–H groups in total. The van der Waals surface area contributed by atoms with Crippen LogP contribution in [-0.4, -0.2) is 50.5 Å². The molecular formula is C12H12N4O3. The summed E-state index contributed by atoms with van der Waals surface area (Å²) in [5, 5.41) is 17.1. The fourth-order valence-electron chi connectivity index (χ4n) is 2.42. The van der Waals surface area contributed by atoms with Crippen LogP contribution >= 0.6 is 0 Å². The predicted octanol–water partition coefficient (Wildman–Crippen LogP) is 0.533. The van der Waals surface area contributed by atoms with Gasteiger partial charge in [-0.3, -0.25) is 4.79 Å². The van der Waals surface area contributed by atoms with Crippen molar-refractivity contribution in [1.82, 2.24) is 19.9 Å². The van der Waals surface area contributed by atoms with Crippen LogP contribution in [0, 0.1) is 0 Å². The Morgan fingerprint density at radius 1 is 1.47 bits per heavy atom. The zero-order valence-corrected chi connectivity index (χ0v) is 10.3. The average Bonchev–Trinajstić information content (AvgIpc) is 2.94. The minimum atomic E-state index is -1.05. The van der Waals surface area contributed by atoms with Gasteiger partial charge in [0.05, 0.1) is 5.56 Å². The summed E-state index contributed by atoms with van der Waals surface area (Å²) in [7, 11) is 1.72. The molecule has 1 aromatic carbocycles. The predicted molar refractivity (Wildman–Crippen MR) is 65.8 cm³/mol. The van der Waals surface area contributed by atoms with Crippen molar-refractivity contribution in [2.75, 3.05) is 13.6 Å². The number of aromatic nitrogens is 3. The molecule has 0 bridgehead atoms. The monoisotopic (exact) mass is 260 g/mol. The number of fused-ring (bicyclic) bond motifs is 1. The second-order valence-corrected chi connectivity index (χ2v) is 4.58. The fraction of sp³-hybridized carbons (Fsp3) is 0.333. The highest BCUT2D eigenvalue weighted by molar-refractivity contribution is 6.01. The fourth-order valence-corrected chi connectivity index (χ4v) is 2.42. The van der Waals surface area contributed by atoms with E-state index < -0.39 is 12.0 Å². The highest BCUT2D eigenvalue weighted by Crippen LogP contribution is 2.26. The number of likely N-dealkylation sites (N-methyl/N-ethyl adjacent to an activating group) is 1. The van der Waals surface area contributed by atoms with E-state index in [1.807, 2.05) is 0 Å². The quantitative estimate of drug-likeness (QED) is 0.851. The van der Waals surface area contributed by atoms with E-state index >= 15 is 0 Å². The van der Waals surface area contributed by atoms with Crippen molar-refractivity contribution in [1.29, 1.82) is 0 Å². The molecule has 0 aliphatic carbocycles. The van der Waals surface area contributed by atoms with Crippen LogP contribution < -0.4 is 0 Å². The third kappa shape index (κ3) is 1.66. The number of rotatable bonds is 2. The van der Waals surface area contributed by atoms with Gasteiger partial charge < -0.3 is 10.0 Å². The number of hydrogen-bond acceptors (Lipinski definition) is 4. The Morgan fingerprint density at radius 2 is 2.26 bits per heavy atom. The largest absolute Gasteiger partial charge is 0.478 e. The van der Waals surface area contributed by atoms with E-state index in [0.29, 0.717) is 24.0 Å². The highest BCUT2D eigenvalue weighted by atomic mass is 16.4. The molecule has 7 heteroatoms. The van der Waals surface area contributed by atoms with Gasteiger partial charge in [0.1, 0.15) is 17.1 Å². The number of carbonyl (C=O) groups is 2. The lowest BCUT2D eigenvalue weighted by molar-refractivity contribution is -0.129. The molecule has 3 rings (SSSR count). The number of aromatic carboxylic acids is 1. The summed E-state index contributed by atoms with van der Waals surface area (Å²) in [6, 6.07) is 4.34. The third-order valence-electron chi connectivity index (χ3n) is 3.42. The van der Waals surface area contributed by atoms with Crippen molar-refractivity contribution in [3.63, 3.8) is 0 Å². The molecule has 1 aliphatic heterocycles. The van der Waals surface area contributed by atoms with Gasteiger partial charge >= 0.3 is 5.97 Å². The first-order chi connectivity index (χ1) is 9.09. The van der Waals surface area contributed by atoms with Gasteiger partial charge in [-0.05, 0) is 18.6 Å².